The van der Waals surface area contributed by atoms with Crippen molar-refractivity contribution in [3.05, 3.63) is 23.8 Å². The molecule has 1 fully saturated rings. The Balaban J connectivity index is 3.09. The van der Waals surface area contributed by atoms with Gasteiger partial charge in [0.05, 0.1) is 0 Å². The third kappa shape index (κ3) is 3.19. The summed E-state index contributed by atoms with van der Waals surface area (Å²) in [5.74, 6) is 0.710. The third-order valence-corrected chi connectivity index (χ3v) is 5.81. The molecule has 1 rings (SSSR count). The van der Waals surface area contributed by atoms with E-state index in [0.29, 0.717) is 21.8 Å². The highest BCUT2D eigenvalue weighted by Gasteiger charge is 2.43. The van der Waals surface area contributed by atoms with Crippen LogP contribution in [-0.2, 0) is 0 Å². The maximum absolute atomic E-state index is 4.20. The predicted molar refractivity (Wildman–Crippen MR) is 81.6 cm³/mol. The molecule has 0 aromatic heterocycles. The summed E-state index contributed by atoms with van der Waals surface area (Å²) in [6.45, 7) is 18.0. The Kier molecular flexibility index (Phi) is 4.95. The van der Waals surface area contributed by atoms with Gasteiger partial charge in [-0.2, -0.15) is 0 Å². The van der Waals surface area contributed by atoms with Gasteiger partial charge in [-0.15, -0.1) is 11.8 Å². The van der Waals surface area contributed by atoms with Crippen LogP contribution < -0.4 is 0 Å². The number of thioether (sulfide) groups is 1. The van der Waals surface area contributed by atoms with Crippen molar-refractivity contribution >= 4 is 11.8 Å². The molecule has 0 aliphatic carbocycles. The van der Waals surface area contributed by atoms with Crippen molar-refractivity contribution in [1.82, 2.24) is 0 Å². The van der Waals surface area contributed by atoms with Crippen molar-refractivity contribution in [2.45, 2.75) is 64.9 Å². The second-order valence-corrected chi connectivity index (χ2v) is 7.53. The molecule has 3 unspecified atom stereocenters. The van der Waals surface area contributed by atoms with Crippen molar-refractivity contribution in [2.24, 2.45) is 11.3 Å². The second-order valence-electron chi connectivity index (χ2n) is 6.28. The molecule has 1 aliphatic heterocycles. The van der Waals surface area contributed by atoms with Crippen LogP contribution in [0.5, 0.6) is 0 Å². The van der Waals surface area contributed by atoms with Crippen LogP contribution in [0.25, 0.3) is 0 Å². The molecular formula is C16H28S. The number of hydrogen-bond donors (Lipinski definition) is 0. The van der Waals surface area contributed by atoms with Gasteiger partial charge in [0.1, 0.15) is 0 Å². The molecule has 0 N–H and O–H groups in total. The highest BCUT2D eigenvalue weighted by molar-refractivity contribution is 8.01. The van der Waals surface area contributed by atoms with Gasteiger partial charge in [0, 0.05) is 10.5 Å². The van der Waals surface area contributed by atoms with Crippen LogP contribution in [-0.4, -0.2) is 10.5 Å². The Hall–Kier alpha value is -0.170. The van der Waals surface area contributed by atoms with Gasteiger partial charge in [0.15, 0.2) is 0 Å². The topological polar surface area (TPSA) is 0 Å². The molecule has 17 heavy (non-hydrogen) atoms. The second kappa shape index (κ2) is 5.65. The minimum atomic E-state index is 0.350. The summed E-state index contributed by atoms with van der Waals surface area (Å²) in [7, 11) is 0. The molecular weight excluding hydrogens is 224 g/mol. The first-order valence-electron chi connectivity index (χ1n) is 6.83. The van der Waals surface area contributed by atoms with Crippen molar-refractivity contribution in [3.8, 4) is 0 Å². The lowest BCUT2D eigenvalue weighted by molar-refractivity contribution is 0.410. The van der Waals surface area contributed by atoms with E-state index in [2.05, 4.69) is 66.0 Å². The molecule has 0 amide bonds. The first-order chi connectivity index (χ1) is 7.82. The van der Waals surface area contributed by atoms with E-state index in [1.165, 1.54) is 12.0 Å². The van der Waals surface area contributed by atoms with Gasteiger partial charge in [-0.3, -0.25) is 0 Å². The molecule has 0 saturated carbocycles. The summed E-state index contributed by atoms with van der Waals surface area (Å²) >= 11 is 2.14. The largest absolute Gasteiger partial charge is 0.145 e. The monoisotopic (exact) mass is 252 g/mol. The molecule has 0 aromatic carbocycles. The molecule has 0 nitrogen and oxygen atoms in total. The average Bonchev–Trinajstić information content (AvgIpc) is 2.56. The van der Waals surface area contributed by atoms with E-state index in [9.17, 15) is 0 Å². The van der Waals surface area contributed by atoms with Crippen LogP contribution in [0.1, 0.15) is 54.4 Å². The van der Waals surface area contributed by atoms with Crippen molar-refractivity contribution < 1.29 is 0 Å². The lowest BCUT2D eigenvalue weighted by Crippen LogP contribution is -2.23. The Morgan fingerprint density at radius 3 is 2.29 bits per heavy atom. The molecule has 0 radical (unpaired) electrons. The number of hydrogen-bond acceptors (Lipinski definition) is 1. The van der Waals surface area contributed by atoms with Gasteiger partial charge >= 0.3 is 0 Å². The number of rotatable bonds is 3. The molecule has 0 bridgehead atoms. The van der Waals surface area contributed by atoms with Crippen molar-refractivity contribution in [2.75, 3.05) is 0 Å². The van der Waals surface area contributed by atoms with Gasteiger partial charge in [0.25, 0.3) is 0 Å². The highest BCUT2D eigenvalue weighted by atomic mass is 32.2. The quantitative estimate of drug-likeness (QED) is 0.601. The lowest BCUT2D eigenvalue weighted by atomic mass is 9.79. The zero-order valence-corrected chi connectivity index (χ0v) is 13.2. The smallest absolute Gasteiger partial charge is 0.0323 e. The fourth-order valence-corrected chi connectivity index (χ4v) is 4.70. The van der Waals surface area contributed by atoms with Crippen molar-refractivity contribution in [3.63, 3.8) is 0 Å². The first-order valence-corrected chi connectivity index (χ1v) is 7.78. The maximum Gasteiger partial charge on any atom is 0.0323 e. The van der Waals surface area contributed by atoms with Crippen LogP contribution >= 0.6 is 11.8 Å². The van der Waals surface area contributed by atoms with Gasteiger partial charge in [-0.1, -0.05) is 58.4 Å². The van der Waals surface area contributed by atoms with Gasteiger partial charge in [-0.25, -0.2) is 0 Å². The standard InChI is InChI=1S/C16H28S/c1-8-10-13-12(9-2)14(11(3)4)17-15(13)16(5,6)7/h10,12,14-15H,3,8-9H2,1-2,4-7H3/b13-10+. The average molecular weight is 252 g/mol. The Morgan fingerprint density at radius 1 is 1.35 bits per heavy atom. The molecule has 98 valence electrons. The molecule has 0 aromatic rings. The molecule has 1 heteroatoms. The van der Waals surface area contributed by atoms with Gasteiger partial charge < -0.3 is 0 Å². The molecule has 1 aliphatic rings. The minimum absolute atomic E-state index is 0.350. The minimum Gasteiger partial charge on any atom is -0.145 e. The molecule has 1 saturated heterocycles. The lowest BCUT2D eigenvalue weighted by Gasteiger charge is -2.28. The Labute approximate surface area is 112 Å². The van der Waals surface area contributed by atoms with Gasteiger partial charge in [-0.05, 0) is 31.1 Å². The highest BCUT2D eigenvalue weighted by Crippen LogP contribution is 2.52. The van der Waals surface area contributed by atoms with Crippen LogP contribution in [0.4, 0.5) is 0 Å². The van der Waals surface area contributed by atoms with Gasteiger partial charge in [0.2, 0.25) is 0 Å². The number of allylic oxidation sites excluding steroid dienone is 1. The van der Waals surface area contributed by atoms with Crippen LogP contribution in [0.2, 0.25) is 0 Å². The maximum atomic E-state index is 4.20. The van der Waals surface area contributed by atoms with E-state index >= 15 is 0 Å². The van der Waals surface area contributed by atoms with E-state index in [4.69, 9.17) is 0 Å². The summed E-state index contributed by atoms with van der Waals surface area (Å²) in [6, 6.07) is 0. The molecule has 0 spiro atoms. The zero-order valence-electron chi connectivity index (χ0n) is 12.3. The summed E-state index contributed by atoms with van der Waals surface area (Å²) in [6.07, 6.45) is 4.87. The summed E-state index contributed by atoms with van der Waals surface area (Å²) in [5, 5.41) is 1.29. The van der Waals surface area contributed by atoms with E-state index in [1.807, 2.05) is 0 Å². The Bertz CT molecular complexity index is 306. The van der Waals surface area contributed by atoms with E-state index in [1.54, 1.807) is 5.57 Å². The summed E-state index contributed by atoms with van der Waals surface area (Å²) in [5.41, 5.74) is 3.37. The molecule has 1 heterocycles. The normalized spacial score (nSPS) is 32.1. The van der Waals surface area contributed by atoms with Crippen LogP contribution in [0.15, 0.2) is 23.8 Å². The summed E-state index contributed by atoms with van der Waals surface area (Å²) < 4.78 is 0. The van der Waals surface area contributed by atoms with E-state index in [0.717, 1.165) is 6.42 Å². The van der Waals surface area contributed by atoms with Crippen molar-refractivity contribution in [1.29, 1.82) is 0 Å². The predicted octanol–water partition coefficient (Wildman–Crippen LogP) is 5.46. The Morgan fingerprint density at radius 2 is 1.94 bits per heavy atom. The first kappa shape index (κ1) is 14.9. The fourth-order valence-electron chi connectivity index (χ4n) is 2.80. The van der Waals surface area contributed by atoms with Crippen LogP contribution in [0, 0.1) is 11.3 Å². The summed E-state index contributed by atoms with van der Waals surface area (Å²) in [4.78, 5) is 0. The SMILES string of the molecule is C=C(C)C1SC(C(C)(C)C)/C(=C/CC)C1CC. The zero-order chi connectivity index (χ0) is 13.2. The van der Waals surface area contributed by atoms with E-state index < -0.39 is 0 Å². The molecule has 3 atom stereocenters. The third-order valence-electron chi connectivity index (χ3n) is 3.53. The van der Waals surface area contributed by atoms with Crippen LogP contribution in [0.3, 0.4) is 0 Å². The van der Waals surface area contributed by atoms with E-state index in [-0.39, 0.29) is 0 Å². The fraction of sp³-hybridized carbons (Fsp3) is 0.750.